The summed E-state index contributed by atoms with van der Waals surface area (Å²) in [6.07, 6.45) is 6.03. The second kappa shape index (κ2) is 7.33. The van der Waals surface area contributed by atoms with Gasteiger partial charge in [0, 0.05) is 17.8 Å². The van der Waals surface area contributed by atoms with Crippen molar-refractivity contribution in [2.75, 3.05) is 6.26 Å². The summed E-state index contributed by atoms with van der Waals surface area (Å²) in [5.41, 5.74) is 6.33. The Morgan fingerprint density at radius 3 is 2.86 bits per heavy atom. The maximum atomic E-state index is 12.5. The van der Waals surface area contributed by atoms with E-state index in [0.29, 0.717) is 5.25 Å². The number of nitrogens with two attached hydrogens (primary N) is 1. The number of sulfonamides is 1. The smallest absolute Gasteiger partial charge is 0.242 e. The fourth-order valence-electron chi connectivity index (χ4n) is 2.63. The van der Waals surface area contributed by atoms with Gasteiger partial charge in [0.05, 0.1) is 5.02 Å². The average molecular weight is 349 g/mol. The molecule has 0 aromatic heterocycles. The molecule has 3 N–H and O–H groups in total. The van der Waals surface area contributed by atoms with Gasteiger partial charge in [-0.15, -0.1) is 0 Å². The first-order valence-corrected chi connectivity index (χ1v) is 10.1. The van der Waals surface area contributed by atoms with Gasteiger partial charge in [-0.3, -0.25) is 0 Å². The van der Waals surface area contributed by atoms with Crippen LogP contribution < -0.4 is 10.5 Å². The first-order chi connectivity index (χ1) is 9.96. The van der Waals surface area contributed by atoms with Gasteiger partial charge in [0.15, 0.2) is 0 Å². The number of nitrogens with one attached hydrogen (secondary N) is 1. The Morgan fingerprint density at radius 2 is 2.19 bits per heavy atom. The van der Waals surface area contributed by atoms with Crippen LogP contribution in [0.25, 0.3) is 0 Å². The molecule has 7 heteroatoms. The van der Waals surface area contributed by atoms with Crippen LogP contribution in [-0.2, 0) is 16.6 Å². The highest BCUT2D eigenvalue weighted by Crippen LogP contribution is 2.29. The zero-order valence-corrected chi connectivity index (χ0v) is 14.4. The molecule has 1 aliphatic carbocycles. The molecule has 2 unspecified atom stereocenters. The molecule has 1 saturated carbocycles. The third-order valence-corrected chi connectivity index (χ3v) is 6.90. The van der Waals surface area contributed by atoms with E-state index in [1.165, 1.54) is 0 Å². The summed E-state index contributed by atoms with van der Waals surface area (Å²) in [5.74, 6) is 0. The molecule has 2 rings (SSSR count). The highest BCUT2D eigenvalue weighted by atomic mass is 35.5. The van der Waals surface area contributed by atoms with Crippen molar-refractivity contribution in [3.05, 3.63) is 28.8 Å². The van der Waals surface area contributed by atoms with Gasteiger partial charge in [0.25, 0.3) is 0 Å². The minimum Gasteiger partial charge on any atom is -0.326 e. The SMILES string of the molecule is CSC1CCCC(NS(=O)(=O)c2cc(CN)ccc2Cl)C1. The van der Waals surface area contributed by atoms with Gasteiger partial charge in [0.2, 0.25) is 10.0 Å². The molecule has 1 aromatic carbocycles. The van der Waals surface area contributed by atoms with Crippen LogP contribution >= 0.6 is 23.4 Å². The van der Waals surface area contributed by atoms with E-state index >= 15 is 0 Å². The Bertz CT molecular complexity index is 593. The van der Waals surface area contributed by atoms with Crippen LogP contribution in [0.15, 0.2) is 23.1 Å². The summed E-state index contributed by atoms with van der Waals surface area (Å²) < 4.78 is 27.9. The number of hydrogen-bond donors (Lipinski definition) is 2. The maximum absolute atomic E-state index is 12.5. The van der Waals surface area contributed by atoms with Crippen molar-refractivity contribution >= 4 is 33.4 Å². The van der Waals surface area contributed by atoms with Crippen molar-refractivity contribution in [1.82, 2.24) is 4.72 Å². The van der Waals surface area contributed by atoms with Gasteiger partial charge < -0.3 is 5.73 Å². The second-order valence-electron chi connectivity index (χ2n) is 5.31. The topological polar surface area (TPSA) is 72.2 Å². The zero-order chi connectivity index (χ0) is 15.5. The summed E-state index contributed by atoms with van der Waals surface area (Å²) in [6, 6.07) is 4.87. The molecule has 1 aliphatic rings. The van der Waals surface area contributed by atoms with Crippen LogP contribution in [-0.4, -0.2) is 26.0 Å². The highest BCUT2D eigenvalue weighted by Gasteiger charge is 2.27. The van der Waals surface area contributed by atoms with E-state index in [1.54, 1.807) is 30.0 Å². The van der Waals surface area contributed by atoms with Crippen LogP contribution in [0.5, 0.6) is 0 Å². The number of halogens is 1. The highest BCUT2D eigenvalue weighted by molar-refractivity contribution is 7.99. The van der Waals surface area contributed by atoms with Crippen LogP contribution in [0.1, 0.15) is 31.2 Å². The van der Waals surface area contributed by atoms with Crippen molar-refractivity contribution in [2.24, 2.45) is 5.73 Å². The average Bonchev–Trinajstić information content (AvgIpc) is 2.47. The molecule has 0 radical (unpaired) electrons. The van der Waals surface area contributed by atoms with Crippen LogP contribution in [0.4, 0.5) is 0 Å². The lowest BCUT2D eigenvalue weighted by Gasteiger charge is -2.28. The number of hydrogen-bond acceptors (Lipinski definition) is 4. The largest absolute Gasteiger partial charge is 0.326 e. The number of benzene rings is 1. The van der Waals surface area contributed by atoms with E-state index in [1.807, 2.05) is 0 Å². The van der Waals surface area contributed by atoms with E-state index in [0.717, 1.165) is 31.2 Å². The monoisotopic (exact) mass is 348 g/mol. The molecule has 0 amide bonds. The van der Waals surface area contributed by atoms with Gasteiger partial charge in [-0.2, -0.15) is 11.8 Å². The molecule has 21 heavy (non-hydrogen) atoms. The minimum absolute atomic E-state index is 0.0150. The molecule has 2 atom stereocenters. The van der Waals surface area contributed by atoms with Crippen molar-refractivity contribution < 1.29 is 8.42 Å². The van der Waals surface area contributed by atoms with Crippen LogP contribution in [0.2, 0.25) is 5.02 Å². The predicted octanol–water partition coefficient (Wildman–Crippen LogP) is 2.75. The molecule has 1 aromatic rings. The van der Waals surface area contributed by atoms with Gasteiger partial charge in [-0.1, -0.05) is 24.1 Å². The Kier molecular flexibility index (Phi) is 5.96. The van der Waals surface area contributed by atoms with E-state index < -0.39 is 10.0 Å². The lowest BCUT2D eigenvalue weighted by Crippen LogP contribution is -2.39. The molecule has 0 saturated heterocycles. The predicted molar refractivity (Wildman–Crippen MR) is 89.2 cm³/mol. The molecule has 0 spiro atoms. The van der Waals surface area contributed by atoms with Crippen molar-refractivity contribution in [2.45, 2.75) is 48.4 Å². The van der Waals surface area contributed by atoms with E-state index in [2.05, 4.69) is 11.0 Å². The quantitative estimate of drug-likeness (QED) is 0.858. The van der Waals surface area contributed by atoms with Crippen molar-refractivity contribution in [1.29, 1.82) is 0 Å². The molecule has 0 heterocycles. The van der Waals surface area contributed by atoms with Crippen molar-refractivity contribution in [3.8, 4) is 0 Å². The molecule has 0 aliphatic heterocycles. The Morgan fingerprint density at radius 1 is 1.43 bits per heavy atom. The van der Waals surface area contributed by atoms with Gasteiger partial charge in [-0.25, -0.2) is 13.1 Å². The molecular weight excluding hydrogens is 328 g/mol. The Hall–Kier alpha value is -0.270. The molecule has 4 nitrogen and oxygen atoms in total. The van der Waals surface area contributed by atoms with E-state index in [-0.39, 0.29) is 22.5 Å². The summed E-state index contributed by atoms with van der Waals surface area (Å²) in [5, 5.41) is 0.759. The normalized spacial score (nSPS) is 23.2. The number of thioether (sulfide) groups is 1. The van der Waals surface area contributed by atoms with Crippen LogP contribution in [0.3, 0.4) is 0 Å². The fraction of sp³-hybridized carbons (Fsp3) is 0.571. The zero-order valence-electron chi connectivity index (χ0n) is 12.0. The van der Waals surface area contributed by atoms with E-state index in [4.69, 9.17) is 17.3 Å². The second-order valence-corrected chi connectivity index (χ2v) is 8.54. The van der Waals surface area contributed by atoms with Gasteiger partial charge in [-0.05, 0) is 43.2 Å². The third kappa shape index (κ3) is 4.36. The first-order valence-electron chi connectivity index (χ1n) is 7.00. The maximum Gasteiger partial charge on any atom is 0.242 e. The standard InChI is InChI=1S/C14H21ClN2O2S2/c1-20-12-4-2-3-11(8-12)17-21(18,19)14-7-10(9-16)5-6-13(14)15/h5-7,11-12,17H,2-4,8-9,16H2,1H3. The van der Waals surface area contributed by atoms with Gasteiger partial charge in [0.1, 0.15) is 4.90 Å². The summed E-state index contributed by atoms with van der Waals surface area (Å²) in [7, 11) is -3.60. The Balaban J connectivity index is 2.18. The van der Waals surface area contributed by atoms with Crippen molar-refractivity contribution in [3.63, 3.8) is 0 Å². The lowest BCUT2D eigenvalue weighted by molar-refractivity contribution is 0.421. The summed E-state index contributed by atoms with van der Waals surface area (Å²) >= 11 is 7.85. The van der Waals surface area contributed by atoms with Crippen LogP contribution in [0, 0.1) is 0 Å². The molecule has 118 valence electrons. The van der Waals surface area contributed by atoms with Gasteiger partial charge >= 0.3 is 0 Å². The fourth-order valence-corrected chi connectivity index (χ4v) is 5.29. The molecule has 0 bridgehead atoms. The first kappa shape index (κ1) is 17.1. The van der Waals surface area contributed by atoms with E-state index in [9.17, 15) is 8.42 Å². The molecule has 1 fully saturated rings. The Labute approximate surface area is 135 Å². The molecular formula is C14H21ClN2O2S2. The summed E-state index contributed by atoms with van der Waals surface area (Å²) in [4.78, 5) is 0.124. The third-order valence-electron chi connectivity index (χ3n) is 3.80. The summed E-state index contributed by atoms with van der Waals surface area (Å²) in [6.45, 7) is 0.289. The number of rotatable bonds is 5. The minimum atomic E-state index is -3.60. The lowest BCUT2D eigenvalue weighted by atomic mass is 9.96.